The van der Waals surface area contributed by atoms with Crippen LogP contribution in [0.3, 0.4) is 0 Å². The van der Waals surface area contributed by atoms with Crippen molar-refractivity contribution in [3.8, 4) is 0 Å². The van der Waals surface area contributed by atoms with Crippen molar-refractivity contribution in [2.24, 2.45) is 0 Å². The number of ether oxygens (including phenoxy) is 2. The minimum atomic E-state index is -2.16. The number of esters is 1. The molecule has 1 aliphatic rings. The third kappa shape index (κ3) is 4.34. The summed E-state index contributed by atoms with van der Waals surface area (Å²) in [5.74, 6) is 0.605. The lowest BCUT2D eigenvalue weighted by molar-refractivity contribution is -0.155. The van der Waals surface area contributed by atoms with Crippen molar-refractivity contribution in [3.05, 3.63) is 12.7 Å². The van der Waals surface area contributed by atoms with Crippen molar-refractivity contribution in [1.29, 1.82) is 0 Å². The van der Waals surface area contributed by atoms with Gasteiger partial charge in [-0.25, -0.2) is 15.0 Å². The van der Waals surface area contributed by atoms with Gasteiger partial charge in [0.25, 0.3) is 0 Å². The van der Waals surface area contributed by atoms with Crippen molar-refractivity contribution in [2.45, 2.75) is 70.4 Å². The molecule has 0 spiro atoms. The molecule has 4 atom stereocenters. The number of nitrogens with zero attached hydrogens (tertiary/aromatic N) is 4. The Morgan fingerprint density at radius 1 is 1.30 bits per heavy atom. The Morgan fingerprint density at radius 2 is 2.00 bits per heavy atom. The number of thioether (sulfide) groups is 1. The molecule has 1 fully saturated rings. The maximum atomic E-state index is 12.0. The second-order valence-corrected chi connectivity index (χ2v) is 14.7. The lowest BCUT2D eigenvalue weighted by Crippen LogP contribution is -2.50. The van der Waals surface area contributed by atoms with E-state index in [1.807, 2.05) is 6.26 Å². The molecular formula is C19H31N5O4SSi. The number of nitrogens with two attached hydrogens (primary N) is 1. The first kappa shape index (κ1) is 23.0. The van der Waals surface area contributed by atoms with E-state index in [0.717, 1.165) is 0 Å². The molecule has 3 heterocycles. The smallest absolute Gasteiger partial charge is 0.303 e. The van der Waals surface area contributed by atoms with Crippen LogP contribution >= 0.6 is 11.8 Å². The highest BCUT2D eigenvalue weighted by Crippen LogP contribution is 2.43. The highest BCUT2D eigenvalue weighted by Gasteiger charge is 2.52. The van der Waals surface area contributed by atoms with Crippen LogP contribution in [0, 0.1) is 0 Å². The fourth-order valence-corrected chi connectivity index (χ4v) is 5.18. The van der Waals surface area contributed by atoms with Crippen LogP contribution in [0.15, 0.2) is 12.7 Å². The third-order valence-corrected chi connectivity index (χ3v) is 11.0. The molecule has 0 aliphatic carbocycles. The van der Waals surface area contributed by atoms with Crippen LogP contribution in [-0.4, -0.2) is 64.1 Å². The van der Waals surface area contributed by atoms with Gasteiger partial charge in [-0.2, -0.15) is 11.8 Å². The van der Waals surface area contributed by atoms with E-state index in [-0.39, 0.29) is 22.9 Å². The molecule has 0 saturated carbocycles. The van der Waals surface area contributed by atoms with Gasteiger partial charge in [0.15, 0.2) is 32.1 Å². The number of hydrogen-bond donors (Lipinski definition) is 1. The molecule has 30 heavy (non-hydrogen) atoms. The Balaban J connectivity index is 2.04. The van der Waals surface area contributed by atoms with Crippen molar-refractivity contribution in [2.75, 3.05) is 17.7 Å². The third-order valence-electron chi connectivity index (χ3n) is 5.82. The molecule has 0 unspecified atom stereocenters. The first-order valence-corrected chi connectivity index (χ1v) is 14.2. The number of hydrogen-bond acceptors (Lipinski definition) is 9. The summed E-state index contributed by atoms with van der Waals surface area (Å²) in [6, 6.07) is 0. The molecule has 0 amide bonds. The van der Waals surface area contributed by atoms with Gasteiger partial charge in [-0.1, -0.05) is 20.8 Å². The van der Waals surface area contributed by atoms with E-state index in [1.54, 1.807) is 22.7 Å². The number of carbonyl (C=O) groups is 1. The highest BCUT2D eigenvalue weighted by atomic mass is 32.2. The fraction of sp³-hybridized carbons (Fsp3) is 0.684. The summed E-state index contributed by atoms with van der Waals surface area (Å²) in [7, 11) is -2.16. The van der Waals surface area contributed by atoms with Crippen molar-refractivity contribution in [1.82, 2.24) is 19.5 Å². The van der Waals surface area contributed by atoms with Crippen LogP contribution in [0.2, 0.25) is 18.1 Å². The summed E-state index contributed by atoms with van der Waals surface area (Å²) in [5, 5.41) is -0.000847. The van der Waals surface area contributed by atoms with Gasteiger partial charge in [0.2, 0.25) is 0 Å². The Kier molecular flexibility index (Phi) is 6.47. The van der Waals surface area contributed by atoms with Gasteiger partial charge < -0.3 is 19.6 Å². The molecule has 9 nitrogen and oxygen atoms in total. The molecule has 11 heteroatoms. The molecule has 166 valence electrons. The molecule has 2 aromatic heterocycles. The lowest BCUT2D eigenvalue weighted by Gasteiger charge is -2.40. The van der Waals surface area contributed by atoms with Gasteiger partial charge in [0, 0.05) is 12.7 Å². The summed E-state index contributed by atoms with van der Waals surface area (Å²) in [6.07, 6.45) is 3.09. The second kappa shape index (κ2) is 8.44. The van der Waals surface area contributed by atoms with Gasteiger partial charge in [0.05, 0.1) is 12.4 Å². The zero-order valence-electron chi connectivity index (χ0n) is 18.6. The molecule has 2 aromatic rings. The SMILES string of the molecule is CSC[C@H]1O[C@@H](n2cnc3c(N)ncnc32)[C@H](OC(C)=O)[C@H]1O[Si](C)(C)C(C)(C)C. The van der Waals surface area contributed by atoms with Gasteiger partial charge in [0.1, 0.15) is 17.9 Å². The van der Waals surface area contributed by atoms with Crippen LogP contribution in [0.1, 0.15) is 33.9 Å². The van der Waals surface area contributed by atoms with Crippen molar-refractivity contribution >= 4 is 43.0 Å². The fourth-order valence-electron chi connectivity index (χ4n) is 3.26. The van der Waals surface area contributed by atoms with Crippen LogP contribution in [0.25, 0.3) is 11.2 Å². The zero-order valence-corrected chi connectivity index (χ0v) is 20.4. The molecule has 0 bridgehead atoms. The van der Waals surface area contributed by atoms with E-state index in [9.17, 15) is 4.79 Å². The van der Waals surface area contributed by atoms with Crippen LogP contribution < -0.4 is 5.73 Å². The molecule has 0 radical (unpaired) electrons. The summed E-state index contributed by atoms with van der Waals surface area (Å²) in [4.78, 5) is 24.7. The monoisotopic (exact) mass is 453 g/mol. The van der Waals surface area contributed by atoms with E-state index in [2.05, 4.69) is 48.8 Å². The first-order chi connectivity index (χ1) is 14.0. The zero-order chi connectivity index (χ0) is 22.3. The summed E-state index contributed by atoms with van der Waals surface area (Å²) in [6.45, 7) is 12.3. The lowest BCUT2D eigenvalue weighted by atomic mass is 10.1. The molecular weight excluding hydrogens is 422 g/mol. The Morgan fingerprint density at radius 3 is 2.60 bits per heavy atom. The largest absolute Gasteiger partial charge is 0.455 e. The van der Waals surface area contributed by atoms with E-state index in [0.29, 0.717) is 16.9 Å². The van der Waals surface area contributed by atoms with Gasteiger partial charge in [-0.3, -0.25) is 9.36 Å². The highest BCUT2D eigenvalue weighted by molar-refractivity contribution is 7.98. The molecule has 2 N–H and O–H groups in total. The second-order valence-electron chi connectivity index (χ2n) is 9.02. The van der Waals surface area contributed by atoms with Crippen LogP contribution in [0.5, 0.6) is 0 Å². The quantitative estimate of drug-likeness (QED) is 0.520. The molecule has 0 aromatic carbocycles. The van der Waals surface area contributed by atoms with E-state index in [4.69, 9.17) is 19.6 Å². The predicted molar refractivity (Wildman–Crippen MR) is 120 cm³/mol. The minimum Gasteiger partial charge on any atom is -0.455 e. The number of rotatable bonds is 6. The van der Waals surface area contributed by atoms with E-state index < -0.39 is 26.8 Å². The summed E-state index contributed by atoms with van der Waals surface area (Å²) >= 11 is 1.66. The molecule has 1 aliphatic heterocycles. The Hall–Kier alpha value is -1.69. The maximum absolute atomic E-state index is 12.0. The maximum Gasteiger partial charge on any atom is 0.303 e. The number of imidazole rings is 1. The van der Waals surface area contributed by atoms with Crippen LogP contribution in [-0.2, 0) is 18.7 Å². The average Bonchev–Trinajstić information content (AvgIpc) is 3.18. The Bertz CT molecular complexity index is 916. The number of aromatic nitrogens is 4. The predicted octanol–water partition coefficient (Wildman–Crippen LogP) is 2.99. The van der Waals surface area contributed by atoms with Gasteiger partial charge >= 0.3 is 5.97 Å². The molecule has 3 rings (SSSR count). The average molecular weight is 454 g/mol. The normalized spacial score (nSPS) is 25.0. The van der Waals surface area contributed by atoms with E-state index >= 15 is 0 Å². The summed E-state index contributed by atoms with van der Waals surface area (Å²) < 4.78 is 20.7. The minimum absolute atomic E-state index is 0.000847. The standard InChI is InChI=1S/C19H31N5O4SSi/c1-11(25)26-15-14(28-30(6,7)19(2,3)4)12(8-29-5)27-18(15)24-10-23-13-16(20)21-9-22-17(13)24/h9-10,12,14-15,18H,8H2,1-7H3,(H2,20,21,22)/t12-,14+,15-,18-/m1/s1. The number of carbonyl (C=O) groups excluding carboxylic acids is 1. The van der Waals surface area contributed by atoms with Crippen molar-refractivity contribution in [3.63, 3.8) is 0 Å². The number of nitrogen functional groups attached to an aromatic ring is 1. The van der Waals surface area contributed by atoms with Gasteiger partial charge in [-0.15, -0.1) is 0 Å². The topological polar surface area (TPSA) is 114 Å². The number of fused-ring (bicyclic) bond motifs is 1. The Labute approximate surface area is 182 Å². The summed E-state index contributed by atoms with van der Waals surface area (Å²) in [5.41, 5.74) is 6.95. The van der Waals surface area contributed by atoms with Crippen molar-refractivity contribution < 1.29 is 18.7 Å². The van der Waals surface area contributed by atoms with Gasteiger partial charge in [-0.05, 0) is 24.4 Å². The van der Waals surface area contributed by atoms with Crippen LogP contribution in [0.4, 0.5) is 5.82 Å². The van der Waals surface area contributed by atoms with E-state index in [1.165, 1.54) is 13.3 Å². The molecule has 1 saturated heterocycles. The number of anilines is 1. The first-order valence-electron chi connectivity index (χ1n) is 9.88.